The van der Waals surface area contributed by atoms with Crippen molar-refractivity contribution in [2.24, 2.45) is 0 Å². The van der Waals surface area contributed by atoms with Gasteiger partial charge in [-0.2, -0.15) is 9.97 Å². The molecule has 2 aromatic rings. The van der Waals surface area contributed by atoms with Gasteiger partial charge in [0.05, 0.1) is 5.56 Å². The zero-order valence-corrected chi connectivity index (χ0v) is 9.70. The van der Waals surface area contributed by atoms with Crippen molar-refractivity contribution in [3.05, 3.63) is 24.0 Å². The number of hydrogen-bond donors (Lipinski definition) is 2. The van der Waals surface area contributed by atoms with Crippen LogP contribution in [-0.2, 0) is 0 Å². The van der Waals surface area contributed by atoms with Crippen molar-refractivity contribution in [3.8, 4) is 17.1 Å². The number of hydrogen-bond acceptors (Lipinski definition) is 6. The zero-order chi connectivity index (χ0) is 12.4. The first kappa shape index (κ1) is 11.6. The molecule has 1 aromatic carbocycles. The Bertz CT molecular complexity index is 564. The summed E-state index contributed by atoms with van der Waals surface area (Å²) in [4.78, 5) is 11.8. The third-order valence-corrected chi connectivity index (χ3v) is 2.56. The van der Waals surface area contributed by atoms with E-state index in [0.717, 1.165) is 6.07 Å². The average molecular weight is 252 g/mol. The lowest BCUT2D eigenvalue weighted by molar-refractivity contribution is 0.469. The lowest BCUT2D eigenvalue weighted by Crippen LogP contribution is -2.02. The highest BCUT2D eigenvalue weighted by atomic mass is 32.2. The number of benzene rings is 1. The number of halogens is 1. The molecule has 0 fully saturated rings. The van der Waals surface area contributed by atoms with Crippen LogP contribution in [0.2, 0.25) is 0 Å². The van der Waals surface area contributed by atoms with Crippen molar-refractivity contribution in [2.45, 2.75) is 5.16 Å². The Morgan fingerprint density at radius 1 is 1.29 bits per heavy atom. The molecule has 0 aliphatic heterocycles. The molecule has 1 heterocycles. The molecule has 0 aliphatic rings. The van der Waals surface area contributed by atoms with E-state index in [2.05, 4.69) is 15.0 Å². The van der Waals surface area contributed by atoms with Crippen molar-refractivity contribution >= 4 is 17.7 Å². The van der Waals surface area contributed by atoms with Crippen molar-refractivity contribution in [3.63, 3.8) is 0 Å². The van der Waals surface area contributed by atoms with E-state index in [4.69, 9.17) is 10.8 Å². The second-order valence-electron chi connectivity index (χ2n) is 3.17. The highest BCUT2D eigenvalue weighted by molar-refractivity contribution is 7.98. The molecule has 17 heavy (non-hydrogen) atoms. The van der Waals surface area contributed by atoms with Gasteiger partial charge in [0.15, 0.2) is 11.0 Å². The van der Waals surface area contributed by atoms with Crippen LogP contribution in [0, 0.1) is 5.82 Å². The normalized spacial score (nSPS) is 10.5. The minimum atomic E-state index is -0.609. The van der Waals surface area contributed by atoms with Crippen LogP contribution in [0.5, 0.6) is 5.75 Å². The maximum atomic E-state index is 13.6. The summed E-state index contributed by atoms with van der Waals surface area (Å²) in [5.41, 5.74) is 5.68. The minimum Gasteiger partial charge on any atom is -0.508 e. The van der Waals surface area contributed by atoms with Gasteiger partial charge in [-0.1, -0.05) is 11.8 Å². The SMILES string of the molecule is CSc1nc(N)nc(-c2ccc(O)cc2F)n1. The summed E-state index contributed by atoms with van der Waals surface area (Å²) in [6.45, 7) is 0. The van der Waals surface area contributed by atoms with Gasteiger partial charge in [0.25, 0.3) is 0 Å². The molecule has 3 N–H and O–H groups in total. The first-order valence-electron chi connectivity index (χ1n) is 4.64. The van der Waals surface area contributed by atoms with Crippen molar-refractivity contribution < 1.29 is 9.50 Å². The number of rotatable bonds is 2. The molecule has 88 valence electrons. The fourth-order valence-corrected chi connectivity index (χ4v) is 1.63. The Balaban J connectivity index is 2.55. The molecule has 0 radical (unpaired) electrons. The predicted octanol–water partition coefficient (Wildman–Crippen LogP) is 1.69. The van der Waals surface area contributed by atoms with Crippen LogP contribution in [0.15, 0.2) is 23.4 Å². The topological polar surface area (TPSA) is 84.9 Å². The molecular weight excluding hydrogens is 243 g/mol. The Morgan fingerprint density at radius 3 is 2.71 bits per heavy atom. The van der Waals surface area contributed by atoms with Gasteiger partial charge in [0.1, 0.15) is 11.6 Å². The summed E-state index contributed by atoms with van der Waals surface area (Å²) >= 11 is 1.29. The van der Waals surface area contributed by atoms with E-state index in [1.165, 1.54) is 23.9 Å². The summed E-state index contributed by atoms with van der Waals surface area (Å²) in [6.07, 6.45) is 1.78. The Hall–Kier alpha value is -1.89. The molecule has 0 spiro atoms. The van der Waals surface area contributed by atoms with E-state index in [1.54, 1.807) is 6.26 Å². The van der Waals surface area contributed by atoms with E-state index in [1.807, 2.05) is 0 Å². The number of nitrogens with two attached hydrogens (primary N) is 1. The first-order valence-corrected chi connectivity index (χ1v) is 5.87. The van der Waals surface area contributed by atoms with Crippen LogP contribution in [0.4, 0.5) is 10.3 Å². The highest BCUT2D eigenvalue weighted by Gasteiger charge is 2.11. The van der Waals surface area contributed by atoms with Crippen LogP contribution in [0.1, 0.15) is 0 Å². The largest absolute Gasteiger partial charge is 0.508 e. The van der Waals surface area contributed by atoms with Gasteiger partial charge in [-0.25, -0.2) is 9.37 Å². The lowest BCUT2D eigenvalue weighted by Gasteiger charge is -2.04. The Labute approximate surface area is 101 Å². The van der Waals surface area contributed by atoms with Crippen molar-refractivity contribution in [1.29, 1.82) is 0 Å². The van der Waals surface area contributed by atoms with E-state index in [0.29, 0.717) is 5.16 Å². The van der Waals surface area contributed by atoms with E-state index < -0.39 is 5.82 Å². The molecule has 7 heteroatoms. The molecule has 2 rings (SSSR count). The van der Waals surface area contributed by atoms with Gasteiger partial charge in [0, 0.05) is 6.07 Å². The summed E-state index contributed by atoms with van der Waals surface area (Å²) < 4.78 is 13.6. The van der Waals surface area contributed by atoms with Crippen molar-refractivity contribution in [1.82, 2.24) is 15.0 Å². The summed E-state index contributed by atoms with van der Waals surface area (Å²) in [6, 6.07) is 3.74. The number of phenolic OH excluding ortho intramolecular Hbond substituents is 1. The predicted molar refractivity (Wildman–Crippen MR) is 63.1 cm³/mol. The molecule has 5 nitrogen and oxygen atoms in total. The van der Waals surface area contributed by atoms with Crippen LogP contribution < -0.4 is 5.73 Å². The van der Waals surface area contributed by atoms with Crippen LogP contribution in [0.25, 0.3) is 11.4 Å². The molecule has 0 aliphatic carbocycles. The number of phenols is 1. The van der Waals surface area contributed by atoms with Crippen LogP contribution >= 0.6 is 11.8 Å². The van der Waals surface area contributed by atoms with Gasteiger partial charge in [-0.3, -0.25) is 0 Å². The van der Waals surface area contributed by atoms with Gasteiger partial charge >= 0.3 is 0 Å². The van der Waals surface area contributed by atoms with E-state index in [9.17, 15) is 4.39 Å². The second-order valence-corrected chi connectivity index (χ2v) is 3.94. The third kappa shape index (κ3) is 2.44. The lowest BCUT2D eigenvalue weighted by atomic mass is 10.2. The summed E-state index contributed by atoms with van der Waals surface area (Å²) in [5.74, 6) is -0.577. The number of aromatic hydroxyl groups is 1. The minimum absolute atomic E-state index is 0.0341. The number of nitrogen functional groups attached to an aromatic ring is 1. The van der Waals surface area contributed by atoms with Crippen molar-refractivity contribution in [2.75, 3.05) is 12.0 Å². The molecule has 0 amide bonds. The fourth-order valence-electron chi connectivity index (χ4n) is 1.27. The third-order valence-electron chi connectivity index (χ3n) is 2.01. The maximum Gasteiger partial charge on any atom is 0.224 e. The molecule has 0 saturated carbocycles. The first-order chi connectivity index (χ1) is 8.10. The zero-order valence-electron chi connectivity index (χ0n) is 8.88. The Kier molecular flexibility index (Phi) is 3.10. The smallest absolute Gasteiger partial charge is 0.224 e. The second kappa shape index (κ2) is 4.54. The fraction of sp³-hybridized carbons (Fsp3) is 0.100. The van der Waals surface area contributed by atoms with Crippen LogP contribution in [-0.4, -0.2) is 26.3 Å². The molecule has 0 bridgehead atoms. The highest BCUT2D eigenvalue weighted by Crippen LogP contribution is 2.24. The molecule has 0 saturated heterocycles. The number of anilines is 1. The Morgan fingerprint density at radius 2 is 2.06 bits per heavy atom. The summed E-state index contributed by atoms with van der Waals surface area (Å²) in [7, 11) is 0. The van der Waals surface area contributed by atoms with Gasteiger partial charge in [0.2, 0.25) is 5.95 Å². The monoisotopic (exact) mass is 252 g/mol. The molecule has 0 unspecified atom stereocenters. The van der Waals surface area contributed by atoms with Crippen LogP contribution in [0.3, 0.4) is 0 Å². The number of nitrogens with zero attached hydrogens (tertiary/aromatic N) is 3. The molecular formula is C10H9FN4OS. The number of thioether (sulfide) groups is 1. The molecule has 0 atom stereocenters. The van der Waals surface area contributed by atoms with Gasteiger partial charge < -0.3 is 10.8 Å². The quantitative estimate of drug-likeness (QED) is 0.791. The standard InChI is InChI=1S/C10H9FN4OS/c1-17-10-14-8(13-9(12)15-10)6-3-2-5(16)4-7(6)11/h2-4,16H,1H3,(H2,12,13,14,15). The average Bonchev–Trinajstić information content (AvgIpc) is 2.28. The maximum absolute atomic E-state index is 13.6. The van der Waals surface area contributed by atoms with E-state index >= 15 is 0 Å². The van der Waals surface area contributed by atoms with Gasteiger partial charge in [-0.05, 0) is 18.4 Å². The number of aromatic nitrogens is 3. The van der Waals surface area contributed by atoms with E-state index in [-0.39, 0.29) is 23.1 Å². The summed E-state index contributed by atoms with van der Waals surface area (Å²) in [5, 5.41) is 9.53. The van der Waals surface area contributed by atoms with Gasteiger partial charge in [-0.15, -0.1) is 0 Å². The molecule has 1 aromatic heterocycles.